The number of carbonyl (C=O) groups excluding carboxylic acids is 3. The Labute approximate surface area is 170 Å². The van der Waals surface area contributed by atoms with E-state index in [9.17, 15) is 14.4 Å². The highest BCUT2D eigenvalue weighted by Gasteiger charge is 2.48. The summed E-state index contributed by atoms with van der Waals surface area (Å²) in [4.78, 5) is 39.3. The van der Waals surface area contributed by atoms with Crippen LogP contribution in [0.1, 0.15) is 47.2 Å². The lowest BCUT2D eigenvalue weighted by Gasteiger charge is -2.19. The van der Waals surface area contributed by atoms with Crippen molar-refractivity contribution >= 4 is 23.3 Å². The summed E-state index contributed by atoms with van der Waals surface area (Å²) in [7, 11) is 0. The quantitative estimate of drug-likeness (QED) is 0.565. The second kappa shape index (κ2) is 7.82. The number of imide groups is 1. The molecular formula is C24H25NO4. The van der Waals surface area contributed by atoms with Crippen LogP contribution in [0.5, 0.6) is 5.75 Å². The van der Waals surface area contributed by atoms with Crippen molar-refractivity contribution in [2.45, 2.75) is 39.5 Å². The van der Waals surface area contributed by atoms with Crippen molar-refractivity contribution in [3.05, 3.63) is 59.2 Å². The molecule has 0 aromatic heterocycles. The summed E-state index contributed by atoms with van der Waals surface area (Å²) in [6.45, 7) is 3.87. The van der Waals surface area contributed by atoms with E-state index >= 15 is 0 Å². The van der Waals surface area contributed by atoms with Gasteiger partial charge in [0.2, 0.25) is 11.8 Å². The molecule has 0 unspecified atom stereocenters. The van der Waals surface area contributed by atoms with Crippen molar-refractivity contribution in [2.75, 3.05) is 11.5 Å². The molecule has 2 aromatic rings. The normalized spacial score (nSPS) is 21.2. The van der Waals surface area contributed by atoms with Crippen LogP contribution in [-0.2, 0) is 9.59 Å². The van der Waals surface area contributed by atoms with Gasteiger partial charge in [0.05, 0.1) is 17.5 Å². The predicted molar refractivity (Wildman–Crippen MR) is 110 cm³/mol. The van der Waals surface area contributed by atoms with E-state index in [1.165, 1.54) is 4.90 Å². The first-order valence-corrected chi connectivity index (χ1v) is 10.2. The van der Waals surface area contributed by atoms with Crippen molar-refractivity contribution in [1.29, 1.82) is 0 Å². The number of nitrogens with zero attached hydrogens (tertiary/aromatic N) is 1. The molecule has 1 saturated carbocycles. The molecule has 1 aliphatic carbocycles. The third-order valence-electron chi connectivity index (χ3n) is 6.12. The van der Waals surface area contributed by atoms with Crippen molar-refractivity contribution in [1.82, 2.24) is 0 Å². The van der Waals surface area contributed by atoms with Gasteiger partial charge in [0.1, 0.15) is 5.75 Å². The lowest BCUT2D eigenvalue weighted by Crippen LogP contribution is -2.30. The van der Waals surface area contributed by atoms with Gasteiger partial charge < -0.3 is 4.74 Å². The summed E-state index contributed by atoms with van der Waals surface area (Å²) in [6, 6.07) is 12.5. The summed E-state index contributed by atoms with van der Waals surface area (Å²) in [5.74, 6) is -0.238. The summed E-state index contributed by atoms with van der Waals surface area (Å²) in [5, 5.41) is 0. The molecule has 0 bridgehead atoms. The first-order valence-electron chi connectivity index (χ1n) is 10.2. The first-order chi connectivity index (χ1) is 14.0. The molecule has 0 N–H and O–H groups in total. The molecule has 2 fully saturated rings. The minimum absolute atomic E-state index is 0.0981. The Hall–Kier alpha value is -2.95. The minimum Gasteiger partial charge on any atom is -0.485 e. The van der Waals surface area contributed by atoms with Gasteiger partial charge in [-0.25, -0.2) is 4.90 Å². The van der Waals surface area contributed by atoms with E-state index in [-0.39, 0.29) is 36.0 Å². The summed E-state index contributed by atoms with van der Waals surface area (Å²) >= 11 is 0. The van der Waals surface area contributed by atoms with E-state index in [0.717, 1.165) is 36.8 Å². The van der Waals surface area contributed by atoms with Gasteiger partial charge in [-0.3, -0.25) is 14.4 Å². The number of Topliss-reactive ketones (excluding diaryl/α,β-unsaturated/α-hetero) is 1. The summed E-state index contributed by atoms with van der Waals surface area (Å²) in [5.41, 5.74) is 3.32. The molecular weight excluding hydrogens is 366 g/mol. The van der Waals surface area contributed by atoms with Crippen molar-refractivity contribution in [2.24, 2.45) is 11.8 Å². The molecule has 0 spiro atoms. The number of aryl methyl sites for hydroxylation is 2. The Bertz CT molecular complexity index is 957. The number of carbonyl (C=O) groups is 3. The molecule has 4 rings (SSSR count). The van der Waals surface area contributed by atoms with E-state index in [2.05, 4.69) is 0 Å². The van der Waals surface area contributed by atoms with E-state index in [0.29, 0.717) is 17.0 Å². The highest BCUT2D eigenvalue weighted by Crippen LogP contribution is 2.40. The zero-order chi connectivity index (χ0) is 20.5. The molecule has 2 aromatic carbocycles. The first kappa shape index (κ1) is 19.4. The highest BCUT2D eigenvalue weighted by atomic mass is 16.5. The Morgan fingerprint density at radius 3 is 2.31 bits per heavy atom. The fourth-order valence-corrected chi connectivity index (χ4v) is 4.28. The second-order valence-corrected chi connectivity index (χ2v) is 8.02. The molecule has 1 heterocycles. The molecule has 1 saturated heterocycles. The number of ether oxygens (including phenoxy) is 1. The summed E-state index contributed by atoms with van der Waals surface area (Å²) < 4.78 is 5.68. The largest absolute Gasteiger partial charge is 0.485 e. The van der Waals surface area contributed by atoms with Crippen LogP contribution in [0.15, 0.2) is 42.5 Å². The van der Waals surface area contributed by atoms with Crippen LogP contribution < -0.4 is 9.64 Å². The fourth-order valence-electron chi connectivity index (χ4n) is 4.28. The van der Waals surface area contributed by atoms with Crippen LogP contribution in [-0.4, -0.2) is 24.2 Å². The molecule has 29 heavy (non-hydrogen) atoms. The Morgan fingerprint density at radius 1 is 0.966 bits per heavy atom. The van der Waals surface area contributed by atoms with E-state index in [1.54, 1.807) is 30.3 Å². The number of benzene rings is 2. The van der Waals surface area contributed by atoms with Crippen molar-refractivity contribution in [3.63, 3.8) is 0 Å². The second-order valence-electron chi connectivity index (χ2n) is 8.02. The number of anilines is 1. The Morgan fingerprint density at radius 2 is 1.66 bits per heavy atom. The van der Waals surface area contributed by atoms with E-state index in [4.69, 9.17) is 4.74 Å². The molecule has 1 aliphatic heterocycles. The fraction of sp³-hybridized carbons (Fsp3) is 0.375. The SMILES string of the molecule is Cc1ccc(C(=O)COc2cccc(N3C(=O)[C@@H]4CCCC[C@H]4C3=O)c2)cc1C. The van der Waals surface area contributed by atoms with Crippen LogP contribution >= 0.6 is 0 Å². The molecule has 150 valence electrons. The third kappa shape index (κ3) is 3.69. The number of fused-ring (bicyclic) bond motifs is 1. The minimum atomic E-state index is -0.188. The molecule has 0 radical (unpaired) electrons. The average Bonchev–Trinajstić information content (AvgIpc) is 2.99. The van der Waals surface area contributed by atoms with Crippen LogP contribution in [0.4, 0.5) is 5.69 Å². The topological polar surface area (TPSA) is 63.7 Å². The van der Waals surface area contributed by atoms with Crippen LogP contribution in [0.25, 0.3) is 0 Å². The number of hydrogen-bond acceptors (Lipinski definition) is 4. The lowest BCUT2D eigenvalue weighted by molar-refractivity contribution is -0.122. The molecule has 5 heteroatoms. The zero-order valence-corrected chi connectivity index (χ0v) is 16.8. The summed E-state index contributed by atoms with van der Waals surface area (Å²) in [6.07, 6.45) is 3.56. The zero-order valence-electron chi connectivity index (χ0n) is 16.8. The van der Waals surface area contributed by atoms with Gasteiger partial charge in [-0.15, -0.1) is 0 Å². The van der Waals surface area contributed by atoms with Gasteiger partial charge in [0.15, 0.2) is 12.4 Å². The van der Waals surface area contributed by atoms with E-state index < -0.39 is 0 Å². The molecule has 2 aliphatic rings. The third-order valence-corrected chi connectivity index (χ3v) is 6.12. The van der Waals surface area contributed by atoms with Crippen molar-refractivity contribution in [3.8, 4) is 5.75 Å². The maximum Gasteiger partial charge on any atom is 0.237 e. The molecule has 2 amide bonds. The smallest absolute Gasteiger partial charge is 0.237 e. The number of amides is 2. The molecule has 2 atom stereocenters. The Kier molecular flexibility index (Phi) is 5.22. The number of ketones is 1. The van der Waals surface area contributed by atoms with Crippen LogP contribution in [0.3, 0.4) is 0 Å². The van der Waals surface area contributed by atoms with Gasteiger partial charge in [0, 0.05) is 11.6 Å². The Balaban J connectivity index is 1.47. The van der Waals surface area contributed by atoms with Crippen LogP contribution in [0, 0.1) is 25.7 Å². The van der Waals surface area contributed by atoms with E-state index in [1.807, 2.05) is 26.0 Å². The predicted octanol–water partition coefficient (Wildman–Crippen LogP) is 4.24. The maximum absolute atomic E-state index is 12.8. The highest BCUT2D eigenvalue weighted by molar-refractivity contribution is 6.22. The van der Waals surface area contributed by atoms with Gasteiger partial charge in [0.25, 0.3) is 0 Å². The average molecular weight is 391 g/mol. The maximum atomic E-state index is 12.8. The van der Waals surface area contributed by atoms with Crippen LogP contribution in [0.2, 0.25) is 0 Å². The monoisotopic (exact) mass is 391 g/mol. The van der Waals surface area contributed by atoms with Gasteiger partial charge in [-0.1, -0.05) is 31.0 Å². The van der Waals surface area contributed by atoms with Gasteiger partial charge >= 0.3 is 0 Å². The number of rotatable bonds is 5. The number of hydrogen-bond donors (Lipinski definition) is 0. The molecule has 5 nitrogen and oxygen atoms in total. The standard InChI is InChI=1S/C24H25NO4/c1-15-10-11-17(12-16(15)2)22(26)14-29-19-7-5-6-18(13-19)25-23(27)20-8-3-4-9-21(20)24(25)28/h5-7,10-13,20-21H,3-4,8-9,14H2,1-2H3/t20-,21-/m1/s1. The van der Waals surface area contributed by atoms with Crippen molar-refractivity contribution < 1.29 is 19.1 Å². The lowest BCUT2D eigenvalue weighted by atomic mass is 9.81. The van der Waals surface area contributed by atoms with Gasteiger partial charge in [-0.05, 0) is 56.0 Å². The van der Waals surface area contributed by atoms with Gasteiger partial charge in [-0.2, -0.15) is 0 Å².